The Balaban J connectivity index is 1.99. The topological polar surface area (TPSA) is 67.2 Å². The Morgan fingerprint density at radius 2 is 2.30 bits per heavy atom. The quantitative estimate of drug-likeness (QED) is 0.889. The number of carbonyl (C=O) groups is 1. The van der Waals surface area contributed by atoms with E-state index in [1.807, 2.05) is 42.3 Å². The predicted octanol–water partition coefficient (Wildman–Crippen LogP) is 2.30. The van der Waals surface area contributed by atoms with Crippen molar-refractivity contribution in [3.63, 3.8) is 0 Å². The molecule has 2 heterocycles. The molecule has 2 aromatic rings. The molecule has 1 atom stereocenters. The molecule has 0 aliphatic heterocycles. The molecule has 0 saturated carbocycles. The predicted molar refractivity (Wildman–Crippen MR) is 79.0 cm³/mol. The van der Waals surface area contributed by atoms with Crippen molar-refractivity contribution in [1.82, 2.24) is 15.1 Å². The van der Waals surface area contributed by atoms with E-state index in [4.69, 9.17) is 0 Å². The van der Waals surface area contributed by atoms with Crippen molar-refractivity contribution in [2.45, 2.75) is 32.9 Å². The first-order valence-electron chi connectivity index (χ1n) is 6.53. The number of aliphatic hydroxyl groups excluding tert-OH is 1. The molecular formula is C14H19N3O2S. The van der Waals surface area contributed by atoms with Gasteiger partial charge in [-0.2, -0.15) is 16.4 Å². The first-order chi connectivity index (χ1) is 9.50. The molecule has 2 N–H and O–H groups in total. The normalized spacial score (nSPS) is 12.7. The van der Waals surface area contributed by atoms with E-state index < -0.39 is 6.10 Å². The zero-order valence-corrected chi connectivity index (χ0v) is 12.6. The van der Waals surface area contributed by atoms with Gasteiger partial charge in [-0.15, -0.1) is 0 Å². The summed E-state index contributed by atoms with van der Waals surface area (Å²) in [5.41, 5.74) is 2.21. The van der Waals surface area contributed by atoms with Crippen molar-refractivity contribution < 1.29 is 9.90 Å². The minimum atomic E-state index is -0.675. The summed E-state index contributed by atoms with van der Waals surface area (Å²) in [6.07, 6.45) is 0.896. The number of hydrogen-bond acceptors (Lipinski definition) is 4. The van der Waals surface area contributed by atoms with Crippen LogP contribution in [-0.2, 0) is 0 Å². The lowest BCUT2D eigenvalue weighted by molar-refractivity contribution is 0.0915. The maximum atomic E-state index is 12.1. The summed E-state index contributed by atoms with van der Waals surface area (Å²) in [6, 6.07) is 2.07. The minimum Gasteiger partial charge on any atom is -0.387 e. The first-order valence-corrected chi connectivity index (χ1v) is 7.47. The Kier molecular flexibility index (Phi) is 4.57. The molecule has 2 rings (SSSR count). The van der Waals surface area contributed by atoms with Gasteiger partial charge in [0.25, 0.3) is 5.91 Å². The van der Waals surface area contributed by atoms with Crippen LogP contribution in [0.2, 0.25) is 0 Å². The van der Waals surface area contributed by atoms with Crippen LogP contribution < -0.4 is 5.32 Å². The molecule has 0 spiro atoms. The van der Waals surface area contributed by atoms with Gasteiger partial charge in [0.2, 0.25) is 0 Å². The van der Waals surface area contributed by atoms with Gasteiger partial charge in [-0.1, -0.05) is 0 Å². The monoisotopic (exact) mass is 293 g/mol. The van der Waals surface area contributed by atoms with Gasteiger partial charge in [0.1, 0.15) is 0 Å². The molecule has 0 aliphatic rings. The standard InChI is InChI=1S/C14H19N3O2S/c1-9(2)17-10(3)12(6-16-17)14(19)15-7-13(18)11-4-5-20-8-11/h4-6,8-9,13,18H,7H2,1-3H3,(H,15,19). The third-order valence-electron chi connectivity index (χ3n) is 3.16. The number of amides is 1. The first kappa shape index (κ1) is 14.7. The highest BCUT2D eigenvalue weighted by Gasteiger charge is 2.16. The van der Waals surface area contributed by atoms with Crippen LogP contribution in [0.1, 0.15) is 47.6 Å². The average Bonchev–Trinajstić information content (AvgIpc) is 3.04. The number of nitrogens with zero attached hydrogens (tertiary/aromatic N) is 2. The fraction of sp³-hybridized carbons (Fsp3) is 0.429. The Bertz CT molecular complexity index is 575. The van der Waals surface area contributed by atoms with E-state index >= 15 is 0 Å². The Morgan fingerprint density at radius 1 is 1.55 bits per heavy atom. The third-order valence-corrected chi connectivity index (χ3v) is 3.86. The highest BCUT2D eigenvalue weighted by Crippen LogP contribution is 2.16. The van der Waals surface area contributed by atoms with Crippen molar-refractivity contribution in [1.29, 1.82) is 0 Å². The minimum absolute atomic E-state index is 0.196. The molecule has 0 fully saturated rings. The second kappa shape index (κ2) is 6.19. The Hall–Kier alpha value is -1.66. The van der Waals surface area contributed by atoms with Gasteiger partial charge in [0.15, 0.2) is 0 Å². The van der Waals surface area contributed by atoms with Crippen LogP contribution >= 0.6 is 11.3 Å². The molecule has 20 heavy (non-hydrogen) atoms. The van der Waals surface area contributed by atoms with E-state index in [9.17, 15) is 9.90 Å². The Morgan fingerprint density at radius 3 is 2.85 bits per heavy atom. The van der Waals surface area contributed by atoms with Crippen molar-refractivity contribution in [3.05, 3.63) is 39.8 Å². The van der Waals surface area contributed by atoms with E-state index in [2.05, 4.69) is 10.4 Å². The molecule has 1 amide bonds. The van der Waals surface area contributed by atoms with Crippen molar-refractivity contribution >= 4 is 17.2 Å². The number of carbonyl (C=O) groups excluding carboxylic acids is 1. The molecule has 2 aromatic heterocycles. The fourth-order valence-corrected chi connectivity index (χ4v) is 2.74. The van der Waals surface area contributed by atoms with E-state index in [-0.39, 0.29) is 18.5 Å². The van der Waals surface area contributed by atoms with E-state index in [1.54, 1.807) is 6.20 Å². The highest BCUT2D eigenvalue weighted by atomic mass is 32.1. The molecule has 0 radical (unpaired) electrons. The van der Waals surface area contributed by atoms with Gasteiger partial charge in [0, 0.05) is 18.3 Å². The van der Waals surface area contributed by atoms with Gasteiger partial charge in [-0.25, -0.2) is 0 Å². The van der Waals surface area contributed by atoms with Gasteiger partial charge < -0.3 is 10.4 Å². The molecule has 6 heteroatoms. The van der Waals surface area contributed by atoms with Gasteiger partial charge in [-0.05, 0) is 43.2 Å². The SMILES string of the molecule is Cc1c(C(=O)NCC(O)c2ccsc2)cnn1C(C)C. The summed E-state index contributed by atoms with van der Waals surface area (Å²) in [5.74, 6) is -0.205. The van der Waals surface area contributed by atoms with Crippen LogP contribution in [0.15, 0.2) is 23.0 Å². The van der Waals surface area contributed by atoms with Crippen LogP contribution in [-0.4, -0.2) is 27.3 Å². The summed E-state index contributed by atoms with van der Waals surface area (Å²) in [6.45, 7) is 6.10. The summed E-state index contributed by atoms with van der Waals surface area (Å²) < 4.78 is 1.81. The second-order valence-corrected chi connectivity index (χ2v) is 5.74. The van der Waals surface area contributed by atoms with E-state index in [0.717, 1.165) is 11.3 Å². The molecule has 1 unspecified atom stereocenters. The van der Waals surface area contributed by atoms with Gasteiger partial charge >= 0.3 is 0 Å². The van der Waals surface area contributed by atoms with Crippen LogP contribution in [0, 0.1) is 6.92 Å². The third kappa shape index (κ3) is 3.08. The highest BCUT2D eigenvalue weighted by molar-refractivity contribution is 7.07. The number of hydrogen-bond donors (Lipinski definition) is 2. The van der Waals surface area contributed by atoms with E-state index in [0.29, 0.717) is 5.56 Å². The summed E-state index contributed by atoms with van der Waals surface area (Å²) in [5, 5.41) is 20.7. The lowest BCUT2D eigenvalue weighted by Gasteiger charge is -2.11. The van der Waals surface area contributed by atoms with Crippen LogP contribution in [0.5, 0.6) is 0 Å². The Labute approximate surface area is 122 Å². The van der Waals surface area contributed by atoms with Crippen LogP contribution in [0.4, 0.5) is 0 Å². The lowest BCUT2D eigenvalue weighted by atomic mass is 10.2. The largest absolute Gasteiger partial charge is 0.387 e. The number of aliphatic hydroxyl groups is 1. The zero-order valence-electron chi connectivity index (χ0n) is 11.8. The number of nitrogens with one attached hydrogen (secondary N) is 1. The van der Waals surface area contributed by atoms with Crippen molar-refractivity contribution in [2.75, 3.05) is 6.54 Å². The maximum absolute atomic E-state index is 12.1. The summed E-state index contributed by atoms with van der Waals surface area (Å²) in [4.78, 5) is 12.1. The number of thiophene rings is 1. The zero-order chi connectivity index (χ0) is 14.7. The molecular weight excluding hydrogens is 274 g/mol. The summed E-state index contributed by atoms with van der Waals surface area (Å²) in [7, 11) is 0. The summed E-state index contributed by atoms with van der Waals surface area (Å²) >= 11 is 1.52. The smallest absolute Gasteiger partial charge is 0.254 e. The van der Waals surface area contributed by atoms with E-state index in [1.165, 1.54) is 11.3 Å². The van der Waals surface area contributed by atoms with Crippen LogP contribution in [0.3, 0.4) is 0 Å². The lowest BCUT2D eigenvalue weighted by Crippen LogP contribution is -2.28. The van der Waals surface area contributed by atoms with Crippen LogP contribution in [0.25, 0.3) is 0 Å². The number of aromatic nitrogens is 2. The molecule has 108 valence electrons. The maximum Gasteiger partial charge on any atom is 0.254 e. The average molecular weight is 293 g/mol. The fourth-order valence-electron chi connectivity index (χ4n) is 2.03. The van der Waals surface area contributed by atoms with Crippen molar-refractivity contribution in [2.24, 2.45) is 0 Å². The number of rotatable bonds is 5. The van der Waals surface area contributed by atoms with Gasteiger partial charge in [-0.3, -0.25) is 9.48 Å². The molecule has 0 aliphatic carbocycles. The van der Waals surface area contributed by atoms with Gasteiger partial charge in [0.05, 0.1) is 17.9 Å². The van der Waals surface area contributed by atoms with Crippen molar-refractivity contribution in [3.8, 4) is 0 Å². The second-order valence-electron chi connectivity index (χ2n) is 4.96. The molecule has 5 nitrogen and oxygen atoms in total. The molecule has 0 aromatic carbocycles. The molecule has 0 bridgehead atoms. The molecule has 0 saturated heterocycles.